The zero-order valence-electron chi connectivity index (χ0n) is 23.8. The molecule has 3 aliphatic rings. The SMILES string of the molecule is CCCNCC(=O)Nc1cc(N(C)C)c2c(c1O)C(=O)C1C(=O)[C@]3(O)C(=O)C(C(N)=O)C(=O)[C@@H](N(C)C)[C@@H]3C[C@@H]1C2. The van der Waals surface area contributed by atoms with Gasteiger partial charge in [0.15, 0.2) is 34.7 Å². The van der Waals surface area contributed by atoms with E-state index in [0.29, 0.717) is 17.8 Å². The number of phenols is 1. The van der Waals surface area contributed by atoms with Crippen molar-refractivity contribution in [3.05, 3.63) is 17.2 Å². The highest BCUT2D eigenvalue weighted by Gasteiger charge is 2.69. The highest BCUT2D eigenvalue weighted by molar-refractivity contribution is 6.32. The van der Waals surface area contributed by atoms with Crippen LogP contribution < -0.4 is 21.3 Å². The van der Waals surface area contributed by atoms with Crippen molar-refractivity contribution in [2.75, 3.05) is 51.5 Å². The molecule has 1 aromatic carbocycles. The Morgan fingerprint density at radius 3 is 2.34 bits per heavy atom. The number of ketones is 4. The number of nitrogens with two attached hydrogens (primary N) is 1. The first kappa shape index (κ1) is 30.3. The number of fused-ring (bicyclic) bond motifs is 3. The van der Waals surface area contributed by atoms with Gasteiger partial charge in [-0.15, -0.1) is 0 Å². The van der Waals surface area contributed by atoms with Crippen LogP contribution in [0.25, 0.3) is 0 Å². The number of likely N-dealkylation sites (N-methyl/N-ethyl adjacent to an activating group) is 1. The Labute approximate surface area is 237 Å². The zero-order valence-corrected chi connectivity index (χ0v) is 23.8. The summed E-state index contributed by atoms with van der Waals surface area (Å²) in [5, 5.41) is 28.5. The van der Waals surface area contributed by atoms with E-state index in [1.165, 1.54) is 19.0 Å². The predicted molar refractivity (Wildman–Crippen MR) is 147 cm³/mol. The van der Waals surface area contributed by atoms with E-state index in [1.807, 2.05) is 6.92 Å². The largest absolute Gasteiger partial charge is 0.505 e. The fraction of sp³-hybridized carbons (Fsp3) is 0.571. The summed E-state index contributed by atoms with van der Waals surface area (Å²) >= 11 is 0. The molecule has 2 unspecified atom stereocenters. The van der Waals surface area contributed by atoms with Gasteiger partial charge in [0.1, 0.15) is 5.75 Å². The maximum absolute atomic E-state index is 14.0. The second-order valence-electron chi connectivity index (χ2n) is 11.6. The van der Waals surface area contributed by atoms with Crippen molar-refractivity contribution >= 4 is 46.3 Å². The number of nitrogens with zero attached hydrogens (tertiary/aromatic N) is 2. The summed E-state index contributed by atoms with van der Waals surface area (Å²) < 4.78 is 0. The number of rotatable bonds is 8. The summed E-state index contributed by atoms with van der Waals surface area (Å²) in [6.45, 7) is 2.53. The number of aliphatic hydroxyl groups is 1. The summed E-state index contributed by atoms with van der Waals surface area (Å²) in [7, 11) is 6.52. The molecule has 2 amide bonds. The lowest BCUT2D eigenvalue weighted by Gasteiger charge is -2.52. The lowest BCUT2D eigenvalue weighted by molar-refractivity contribution is -0.181. The molecule has 1 aromatic rings. The van der Waals surface area contributed by atoms with Crippen LogP contribution in [-0.2, 0) is 30.4 Å². The molecule has 4 rings (SSSR count). The van der Waals surface area contributed by atoms with E-state index in [1.54, 1.807) is 25.1 Å². The van der Waals surface area contributed by atoms with Crippen LogP contribution in [0.2, 0.25) is 0 Å². The third kappa shape index (κ3) is 4.71. The monoisotopic (exact) mass is 571 g/mol. The van der Waals surface area contributed by atoms with Gasteiger partial charge in [-0.3, -0.25) is 33.7 Å². The fourth-order valence-corrected chi connectivity index (χ4v) is 6.72. The van der Waals surface area contributed by atoms with Crippen molar-refractivity contribution in [2.45, 2.75) is 37.8 Å². The minimum absolute atomic E-state index is 0.0248. The van der Waals surface area contributed by atoms with Crippen molar-refractivity contribution in [1.29, 1.82) is 0 Å². The second kappa shape index (κ2) is 11.0. The molecule has 0 aliphatic heterocycles. The van der Waals surface area contributed by atoms with Gasteiger partial charge in [-0.1, -0.05) is 6.92 Å². The third-order valence-corrected chi connectivity index (χ3v) is 8.51. The van der Waals surface area contributed by atoms with Crippen LogP contribution in [0.4, 0.5) is 11.4 Å². The number of amides is 2. The summed E-state index contributed by atoms with van der Waals surface area (Å²) in [5.41, 5.74) is 3.33. The molecule has 41 heavy (non-hydrogen) atoms. The van der Waals surface area contributed by atoms with Crippen LogP contribution in [0.3, 0.4) is 0 Å². The first-order valence-electron chi connectivity index (χ1n) is 13.6. The Balaban J connectivity index is 1.81. The second-order valence-corrected chi connectivity index (χ2v) is 11.6. The van der Waals surface area contributed by atoms with E-state index >= 15 is 0 Å². The van der Waals surface area contributed by atoms with E-state index < -0.39 is 76.0 Å². The topological polar surface area (TPSA) is 199 Å². The fourth-order valence-electron chi connectivity index (χ4n) is 6.72. The number of benzene rings is 1. The van der Waals surface area contributed by atoms with E-state index in [4.69, 9.17) is 5.73 Å². The van der Waals surface area contributed by atoms with Gasteiger partial charge in [-0.25, -0.2) is 0 Å². The standard InChI is InChI=1S/C28H37N5O8/c1-6-7-30-11-17(34)31-15-10-16(32(2)3)13-8-12-9-14-21(33(4)5)24(37)20(27(29)40)26(39)28(14,41)25(38)18(12)23(36)19(13)22(15)35/h10,12,14,18,20-21,30,35,41H,6-9,11H2,1-5H3,(H2,29,40)(H,31,34)/t12-,14-,18?,20?,21-,28-/m0/s1. The number of phenolic OH excluding ortho intramolecular Hbond substituents is 1. The minimum atomic E-state index is -2.80. The smallest absolute Gasteiger partial charge is 0.238 e. The number of aromatic hydroxyl groups is 1. The number of primary amides is 1. The lowest BCUT2D eigenvalue weighted by Crippen LogP contribution is -2.74. The van der Waals surface area contributed by atoms with Crippen LogP contribution in [0.5, 0.6) is 5.75 Å². The van der Waals surface area contributed by atoms with E-state index in [9.17, 15) is 39.0 Å². The summed E-state index contributed by atoms with van der Waals surface area (Å²) in [5.74, 6) is -11.8. The average molecular weight is 572 g/mol. The van der Waals surface area contributed by atoms with Gasteiger partial charge in [0.05, 0.1) is 29.8 Å². The van der Waals surface area contributed by atoms with Crippen molar-refractivity contribution in [2.24, 2.45) is 29.4 Å². The van der Waals surface area contributed by atoms with Crippen LogP contribution in [0, 0.1) is 23.7 Å². The summed E-state index contributed by atoms with van der Waals surface area (Å²) in [6.07, 6.45) is 0.894. The predicted octanol–water partition coefficient (Wildman–Crippen LogP) is -1.13. The molecule has 0 saturated heterocycles. The summed E-state index contributed by atoms with van der Waals surface area (Å²) in [6, 6.07) is 0.381. The Morgan fingerprint density at radius 2 is 1.78 bits per heavy atom. The van der Waals surface area contributed by atoms with Gasteiger partial charge in [0, 0.05) is 25.7 Å². The quantitative estimate of drug-likeness (QED) is 0.144. The molecule has 13 heteroatoms. The molecule has 0 spiro atoms. The number of anilines is 2. The van der Waals surface area contributed by atoms with Gasteiger partial charge in [-0.2, -0.15) is 0 Å². The first-order valence-corrected chi connectivity index (χ1v) is 13.6. The number of carbonyl (C=O) groups excluding carboxylic acids is 6. The zero-order chi connectivity index (χ0) is 30.5. The number of hydrogen-bond acceptors (Lipinski definition) is 11. The van der Waals surface area contributed by atoms with Gasteiger partial charge < -0.3 is 31.5 Å². The molecule has 3 aliphatic carbocycles. The molecule has 13 nitrogen and oxygen atoms in total. The number of Topliss-reactive ketones (excluding diaryl/α,β-unsaturated/α-hetero) is 4. The Hall–Kier alpha value is -3.68. The van der Waals surface area contributed by atoms with E-state index in [2.05, 4.69) is 10.6 Å². The van der Waals surface area contributed by atoms with Crippen molar-refractivity contribution < 1.29 is 39.0 Å². The molecule has 6 atom stereocenters. The molecular formula is C28H37N5O8. The van der Waals surface area contributed by atoms with Crippen LogP contribution in [-0.4, -0.2) is 103 Å². The molecule has 0 bridgehead atoms. The van der Waals surface area contributed by atoms with Gasteiger partial charge in [0.25, 0.3) is 0 Å². The van der Waals surface area contributed by atoms with Crippen LogP contribution in [0.15, 0.2) is 6.07 Å². The van der Waals surface area contributed by atoms with E-state index in [0.717, 1.165) is 6.42 Å². The van der Waals surface area contributed by atoms with Crippen molar-refractivity contribution in [3.63, 3.8) is 0 Å². The molecule has 0 radical (unpaired) electrons. The van der Waals surface area contributed by atoms with Crippen LogP contribution >= 0.6 is 0 Å². The maximum Gasteiger partial charge on any atom is 0.238 e. The van der Waals surface area contributed by atoms with Crippen molar-refractivity contribution in [3.8, 4) is 5.75 Å². The normalized spacial score (nSPS) is 29.1. The highest BCUT2D eigenvalue weighted by Crippen LogP contribution is 2.52. The van der Waals surface area contributed by atoms with E-state index in [-0.39, 0.29) is 30.6 Å². The molecular weight excluding hydrogens is 534 g/mol. The molecule has 0 heterocycles. The van der Waals surface area contributed by atoms with Crippen molar-refractivity contribution in [1.82, 2.24) is 10.2 Å². The lowest BCUT2D eigenvalue weighted by atomic mass is 9.52. The van der Waals surface area contributed by atoms with Gasteiger partial charge >= 0.3 is 0 Å². The highest BCUT2D eigenvalue weighted by atomic mass is 16.3. The Morgan fingerprint density at radius 1 is 1.12 bits per heavy atom. The average Bonchev–Trinajstić information content (AvgIpc) is 2.87. The summed E-state index contributed by atoms with van der Waals surface area (Å²) in [4.78, 5) is 82.4. The Kier molecular flexibility index (Phi) is 8.09. The third-order valence-electron chi connectivity index (χ3n) is 8.51. The molecule has 2 saturated carbocycles. The molecule has 2 fully saturated rings. The van der Waals surface area contributed by atoms with Gasteiger partial charge in [0.2, 0.25) is 11.8 Å². The molecule has 222 valence electrons. The number of carbonyl (C=O) groups is 6. The first-order chi connectivity index (χ1) is 19.2. The maximum atomic E-state index is 14.0. The number of nitrogens with one attached hydrogen (secondary N) is 2. The molecule has 0 aromatic heterocycles. The minimum Gasteiger partial charge on any atom is -0.505 e. The molecule has 6 N–H and O–H groups in total. The Bertz CT molecular complexity index is 1340. The van der Waals surface area contributed by atoms with Crippen LogP contribution in [0.1, 0.15) is 35.7 Å². The number of hydrogen-bond donors (Lipinski definition) is 5. The van der Waals surface area contributed by atoms with Gasteiger partial charge in [-0.05, 0) is 57.5 Å².